The van der Waals surface area contributed by atoms with Gasteiger partial charge >= 0.3 is 23.1 Å². The molecule has 0 heterocycles. The molecule has 0 saturated carbocycles. The van der Waals surface area contributed by atoms with Crippen molar-refractivity contribution in [2.75, 3.05) is 0 Å². The summed E-state index contributed by atoms with van der Waals surface area (Å²) in [5, 5.41) is 18.6. The molecule has 0 saturated heterocycles. The summed E-state index contributed by atoms with van der Waals surface area (Å²) >= 11 is 0. The molecule has 0 rings (SSSR count). The Morgan fingerprint density at radius 2 is 1.40 bits per heavy atom. The van der Waals surface area contributed by atoms with Crippen molar-refractivity contribution in [1.82, 2.24) is 0 Å². The van der Waals surface area contributed by atoms with Crippen LogP contribution in [0.4, 0.5) is 0 Å². The normalized spacial score (nSPS) is 6.20. The minimum atomic E-state index is -1.63. The van der Waals surface area contributed by atoms with Gasteiger partial charge in [0.1, 0.15) is 0 Å². The van der Waals surface area contributed by atoms with Crippen LogP contribution in [0.25, 0.3) is 0 Å². The van der Waals surface area contributed by atoms with Crippen LogP contribution in [0.3, 0.4) is 0 Å². The van der Waals surface area contributed by atoms with E-state index in [1.807, 2.05) is 0 Å². The third kappa shape index (κ3) is 25.2. The first-order valence-corrected chi connectivity index (χ1v) is 2.23. The second-order valence-electron chi connectivity index (χ2n) is 0.921. The fourth-order valence-electron chi connectivity index (χ4n) is 0.118. The van der Waals surface area contributed by atoms with Crippen molar-refractivity contribution in [2.24, 2.45) is 0 Å². The van der Waals surface area contributed by atoms with Gasteiger partial charge in [-0.15, -0.1) is 0 Å². The summed E-state index contributed by atoms with van der Waals surface area (Å²) in [5.74, 6) is -3.25. The van der Waals surface area contributed by atoms with Crippen molar-refractivity contribution in [1.29, 1.82) is 0 Å². The van der Waals surface area contributed by atoms with Crippen LogP contribution in [0.1, 0.15) is 13.3 Å². The Kier molecular flexibility index (Phi) is 18.8. The molecular weight excluding hydrogens is 148 g/mol. The maximum atomic E-state index is 9.28. The zero-order chi connectivity index (χ0) is 7.86. The molecule has 4 nitrogen and oxygen atoms in total. The van der Waals surface area contributed by atoms with E-state index in [0.29, 0.717) is 0 Å². The second kappa shape index (κ2) is 11.5. The summed E-state index contributed by atoms with van der Waals surface area (Å²) < 4.78 is 0. The van der Waals surface area contributed by atoms with E-state index < -0.39 is 18.4 Å². The second-order valence-corrected chi connectivity index (χ2v) is 0.921. The maximum absolute atomic E-state index is 9.28. The predicted molar refractivity (Wildman–Crippen MR) is 31.4 cm³/mol. The van der Waals surface area contributed by atoms with Gasteiger partial charge in [0.05, 0.1) is 0 Å². The molecule has 0 aliphatic heterocycles. The monoisotopic (exact) mass is 155 g/mol. The first-order chi connectivity index (χ1) is 4.13. The van der Waals surface area contributed by atoms with Crippen LogP contribution in [0.15, 0.2) is 0 Å². The standard InChI is InChI=1S/C3H4O4.C2H5.Mg/c4-2(5)1-3(6)7;1-2;/h1H2,(H,4,5)(H,6,7);1H2,2H3;/q;-1;+2/p-2. The number of aliphatic carboxylic acids is 2. The Morgan fingerprint density at radius 1 is 1.20 bits per heavy atom. The zero-order valence-corrected chi connectivity index (χ0v) is 7.17. The van der Waals surface area contributed by atoms with Crippen molar-refractivity contribution < 1.29 is 19.8 Å². The number of hydrogen-bond acceptors (Lipinski definition) is 4. The molecule has 0 radical (unpaired) electrons. The van der Waals surface area contributed by atoms with Gasteiger partial charge in [0, 0.05) is 18.4 Å². The number of carboxylic acids is 2. The summed E-state index contributed by atoms with van der Waals surface area (Å²) in [6.07, 6.45) is -1.03. The van der Waals surface area contributed by atoms with Gasteiger partial charge in [0.15, 0.2) is 0 Å². The largest absolute Gasteiger partial charge is 2.00 e. The molecule has 0 aromatic heterocycles. The smallest absolute Gasteiger partial charge is 0.550 e. The maximum Gasteiger partial charge on any atom is 2.00 e. The molecule has 0 fully saturated rings. The van der Waals surface area contributed by atoms with Crippen molar-refractivity contribution in [3.63, 3.8) is 0 Å². The van der Waals surface area contributed by atoms with Crippen LogP contribution >= 0.6 is 0 Å². The molecule has 0 aliphatic rings. The Bertz CT molecular complexity index is 89.8. The van der Waals surface area contributed by atoms with Crippen LogP contribution < -0.4 is 10.2 Å². The van der Waals surface area contributed by atoms with Crippen LogP contribution in [0.5, 0.6) is 0 Å². The number of carboxylic acid groups (broad SMARTS) is 2. The molecule has 0 unspecified atom stereocenters. The number of rotatable bonds is 2. The summed E-state index contributed by atoms with van der Waals surface area (Å²) in [4.78, 5) is 18.6. The van der Waals surface area contributed by atoms with Gasteiger partial charge in [-0.2, -0.15) is 6.92 Å². The SMILES string of the molecule is O=C([O-])CC(=O)[O-].[CH2-]C.[Mg+2]. The molecule has 0 aliphatic carbocycles. The van der Waals surface area contributed by atoms with Gasteiger partial charge in [0.2, 0.25) is 0 Å². The van der Waals surface area contributed by atoms with E-state index in [1.165, 1.54) is 0 Å². The Balaban J connectivity index is -0.000000149. The van der Waals surface area contributed by atoms with Crippen LogP contribution in [0, 0.1) is 6.92 Å². The molecule has 54 valence electrons. The van der Waals surface area contributed by atoms with E-state index >= 15 is 0 Å². The molecule has 0 N–H and O–H groups in total. The first kappa shape index (κ1) is 16.4. The van der Waals surface area contributed by atoms with Crippen molar-refractivity contribution in [3.8, 4) is 0 Å². The van der Waals surface area contributed by atoms with Crippen LogP contribution in [0.2, 0.25) is 0 Å². The number of carbonyl (C=O) groups excluding carboxylic acids is 2. The number of carbonyl (C=O) groups is 2. The van der Waals surface area contributed by atoms with E-state index in [0.717, 1.165) is 0 Å². The van der Waals surface area contributed by atoms with Gasteiger partial charge in [-0.05, 0) is 0 Å². The molecule has 0 aromatic rings. The van der Waals surface area contributed by atoms with Gasteiger partial charge in [0.25, 0.3) is 0 Å². The van der Waals surface area contributed by atoms with Gasteiger partial charge in [-0.3, -0.25) is 0 Å². The summed E-state index contributed by atoms with van der Waals surface area (Å²) in [6, 6.07) is 0. The average molecular weight is 155 g/mol. The average Bonchev–Trinajstić information content (AvgIpc) is 1.68. The topological polar surface area (TPSA) is 80.3 Å². The van der Waals surface area contributed by atoms with Crippen LogP contribution in [-0.2, 0) is 9.59 Å². The summed E-state index contributed by atoms with van der Waals surface area (Å²) in [5.41, 5.74) is 0. The van der Waals surface area contributed by atoms with E-state index in [9.17, 15) is 19.8 Å². The molecule has 0 atom stereocenters. The minimum Gasteiger partial charge on any atom is -0.550 e. The van der Waals surface area contributed by atoms with Gasteiger partial charge in [-0.25, -0.2) is 0 Å². The van der Waals surface area contributed by atoms with E-state index in [2.05, 4.69) is 6.92 Å². The molecule has 0 amide bonds. The third-order valence-corrected chi connectivity index (χ3v) is 0.289. The Morgan fingerprint density at radius 3 is 1.40 bits per heavy atom. The molecule has 0 spiro atoms. The quantitative estimate of drug-likeness (QED) is 0.248. The zero-order valence-electron chi connectivity index (χ0n) is 5.75. The molecule has 0 bridgehead atoms. The Hall–Kier alpha value is -0.294. The van der Waals surface area contributed by atoms with Crippen LogP contribution in [-0.4, -0.2) is 35.0 Å². The fraction of sp³-hybridized carbons (Fsp3) is 0.400. The minimum absolute atomic E-state index is 0. The van der Waals surface area contributed by atoms with Crippen molar-refractivity contribution in [2.45, 2.75) is 13.3 Å². The number of hydrogen-bond donors (Lipinski definition) is 0. The first-order valence-electron chi connectivity index (χ1n) is 2.23. The van der Waals surface area contributed by atoms with E-state index in [-0.39, 0.29) is 23.1 Å². The predicted octanol–water partition coefficient (Wildman–Crippen LogP) is -2.66. The molecule has 10 heavy (non-hydrogen) atoms. The van der Waals surface area contributed by atoms with E-state index in [4.69, 9.17) is 0 Å². The van der Waals surface area contributed by atoms with Gasteiger partial charge < -0.3 is 26.7 Å². The van der Waals surface area contributed by atoms with E-state index in [1.54, 1.807) is 6.92 Å². The fourth-order valence-corrected chi connectivity index (χ4v) is 0.118. The van der Waals surface area contributed by atoms with Crippen molar-refractivity contribution >= 4 is 35.0 Å². The third-order valence-electron chi connectivity index (χ3n) is 0.289. The van der Waals surface area contributed by atoms with Crippen molar-refractivity contribution in [3.05, 3.63) is 6.92 Å². The summed E-state index contributed by atoms with van der Waals surface area (Å²) in [7, 11) is 0. The molecule has 0 aromatic carbocycles. The van der Waals surface area contributed by atoms with Gasteiger partial charge in [-0.1, -0.05) is 0 Å². The summed E-state index contributed by atoms with van der Waals surface area (Å²) in [6.45, 7) is 5.00. The molecule has 5 heteroatoms. The molecular formula is C5H7MgO4-. The Labute approximate surface area is 75.4 Å².